The molecule has 1 aliphatic carbocycles. The molecule has 0 radical (unpaired) electrons. The smallest absolute Gasteiger partial charge is 0.336 e. The zero-order chi connectivity index (χ0) is 89.1. The lowest BCUT2D eigenvalue weighted by Gasteiger charge is -2.25. The predicted octanol–water partition coefficient (Wildman–Crippen LogP) is 15.6. The first-order valence-electron chi connectivity index (χ1n) is 42.9. The Morgan fingerprint density at radius 3 is 0.656 bits per heavy atom. The lowest BCUT2D eigenvalue weighted by Crippen LogP contribution is -2.17. The minimum atomic E-state index is -0.898. The quantitative estimate of drug-likeness (QED) is 0.0115. The van der Waals surface area contributed by atoms with E-state index in [2.05, 4.69) is 112 Å². The number of hydrogen-bond donors (Lipinski definition) is 0. The molecule has 4 aromatic rings. The van der Waals surface area contributed by atoms with Crippen LogP contribution in [0.15, 0.2) is 97.1 Å². The number of ether oxygens (including phenoxy) is 14. The molecule has 0 atom stereocenters. The van der Waals surface area contributed by atoms with E-state index in [1.165, 1.54) is 13.8 Å². The van der Waals surface area contributed by atoms with Crippen molar-refractivity contribution in [2.45, 2.75) is 247 Å². The van der Waals surface area contributed by atoms with Gasteiger partial charge >= 0.3 is 59.7 Å². The first-order chi connectivity index (χ1) is 58.7. The summed E-state index contributed by atoms with van der Waals surface area (Å²) >= 11 is 0. The number of rotatable bonds is 60. The molecule has 0 unspecified atom stereocenters. The fraction of sp³-hybridized carbons (Fsp3) is 0.542. The largest absolute Gasteiger partial charge is 0.493 e. The Balaban J connectivity index is 1.87. The summed E-state index contributed by atoms with van der Waals surface area (Å²) in [5.41, 5.74) is 9.69. The number of aryl methyl sites for hydroxylation is 4. The zero-order valence-corrected chi connectivity index (χ0v) is 73.2. The summed E-state index contributed by atoms with van der Waals surface area (Å²) in [6.45, 7) is 25.7. The molecule has 8 bridgehead atoms. The SMILES string of the molecule is C=C(COC(=O)CC(C)=O)C(=O)OCCCc1cc2c(OCCCCCC)c(c1)Cc1cc(CCCOC(=O)C(=C)COC(=O)CC(=O)OC)cc(c1OCCCCCC)Cc1cc(CCCOC(=O)C(=C)COC(=O)CC(=O)OC)cc(c1OCCCCCC)Cc1cc(CCCOC(=O)C(=C)COC(=O)CC(C)=O)cc(c1OCCCCCC)C2. The van der Waals surface area contributed by atoms with Crippen LogP contribution in [0.1, 0.15) is 262 Å². The van der Waals surface area contributed by atoms with Gasteiger partial charge in [-0.15, -0.1) is 0 Å². The van der Waals surface area contributed by atoms with E-state index in [4.69, 9.17) is 56.8 Å². The molecule has 0 saturated carbocycles. The first kappa shape index (κ1) is 102. The summed E-state index contributed by atoms with van der Waals surface area (Å²) in [5, 5.41) is 0. The second kappa shape index (κ2) is 57.4. The van der Waals surface area contributed by atoms with Gasteiger partial charge in [0.25, 0.3) is 0 Å². The number of hydrogen-bond acceptors (Lipinski definition) is 26. The molecule has 0 aromatic heterocycles. The number of benzene rings is 4. The number of esters is 10. The molecule has 0 saturated heterocycles. The van der Waals surface area contributed by atoms with Crippen molar-refractivity contribution in [2.75, 3.05) is 93.5 Å². The fourth-order valence-corrected chi connectivity index (χ4v) is 13.4. The van der Waals surface area contributed by atoms with Crippen LogP contribution in [-0.4, -0.2) is 165 Å². The van der Waals surface area contributed by atoms with E-state index < -0.39 is 123 Å². The van der Waals surface area contributed by atoms with E-state index in [0.717, 1.165) is 184 Å². The van der Waals surface area contributed by atoms with Gasteiger partial charge in [0.05, 0.1) is 89.4 Å². The Kier molecular flexibility index (Phi) is 47.8. The monoisotopic (exact) mass is 1700 g/mol. The molecule has 26 nitrogen and oxygen atoms in total. The van der Waals surface area contributed by atoms with Crippen LogP contribution in [0.3, 0.4) is 0 Å². The van der Waals surface area contributed by atoms with Crippen LogP contribution < -0.4 is 18.9 Å². The number of methoxy groups -OCH3 is 2. The van der Waals surface area contributed by atoms with Crippen LogP contribution in [0.2, 0.25) is 0 Å². The van der Waals surface area contributed by atoms with Crippen molar-refractivity contribution in [3.8, 4) is 23.0 Å². The third kappa shape index (κ3) is 38.9. The molecule has 122 heavy (non-hydrogen) atoms. The molecule has 0 aliphatic heterocycles. The van der Waals surface area contributed by atoms with E-state index in [0.29, 0.717) is 101 Å². The van der Waals surface area contributed by atoms with Crippen LogP contribution in [0.4, 0.5) is 0 Å². The van der Waals surface area contributed by atoms with Gasteiger partial charge in [-0.3, -0.25) is 38.4 Å². The first-order valence-corrected chi connectivity index (χ1v) is 42.9. The Labute approximate surface area is 719 Å². The van der Waals surface area contributed by atoms with E-state index >= 15 is 0 Å². The molecule has 0 heterocycles. The average molecular weight is 1700 g/mol. The normalized spacial score (nSPS) is 11.3. The topological polar surface area (TPSA) is 334 Å². The third-order valence-corrected chi connectivity index (χ3v) is 19.7. The van der Waals surface area contributed by atoms with Gasteiger partial charge in [0.2, 0.25) is 0 Å². The van der Waals surface area contributed by atoms with Gasteiger partial charge < -0.3 is 66.3 Å². The number of fused-ring (bicyclic) bond motifs is 8. The molecule has 668 valence electrons. The fourth-order valence-electron chi connectivity index (χ4n) is 13.4. The van der Waals surface area contributed by atoms with E-state index in [-0.39, 0.29) is 74.4 Å². The van der Waals surface area contributed by atoms with Crippen molar-refractivity contribution in [2.24, 2.45) is 0 Å². The molecule has 26 heteroatoms. The molecule has 5 rings (SSSR count). The van der Waals surface area contributed by atoms with Gasteiger partial charge in [-0.25, -0.2) is 19.2 Å². The number of ketones is 2. The maximum Gasteiger partial charge on any atom is 0.336 e. The summed E-state index contributed by atoms with van der Waals surface area (Å²) < 4.78 is 81.7. The Bertz CT molecular complexity index is 3760. The second-order valence-corrected chi connectivity index (χ2v) is 30.6. The van der Waals surface area contributed by atoms with Crippen LogP contribution >= 0.6 is 0 Å². The molecule has 1 aliphatic rings. The van der Waals surface area contributed by atoms with Crippen LogP contribution in [0, 0.1) is 0 Å². The predicted molar refractivity (Wildman–Crippen MR) is 457 cm³/mol. The van der Waals surface area contributed by atoms with Gasteiger partial charge in [0.15, 0.2) is 0 Å². The molecule has 0 N–H and O–H groups in total. The maximum atomic E-state index is 13.4. The van der Waals surface area contributed by atoms with Gasteiger partial charge in [-0.1, -0.05) is 180 Å². The van der Waals surface area contributed by atoms with E-state index in [9.17, 15) is 57.5 Å². The van der Waals surface area contributed by atoms with Crippen molar-refractivity contribution in [3.05, 3.63) is 164 Å². The molecule has 0 fully saturated rings. The number of carbonyl (C=O) groups is 12. The molecule has 0 spiro atoms. The number of unbranched alkanes of at least 4 members (excludes halogenated alkanes) is 12. The molecular weight excluding hydrogens is 1570 g/mol. The minimum absolute atomic E-state index is 0.0357. The summed E-state index contributed by atoms with van der Waals surface area (Å²) in [7, 11) is 2.28. The Morgan fingerprint density at radius 2 is 0.467 bits per heavy atom. The summed E-state index contributed by atoms with van der Waals surface area (Å²) in [5.74, 6) is -6.25. The highest BCUT2D eigenvalue weighted by molar-refractivity contribution is 5.96. The van der Waals surface area contributed by atoms with Gasteiger partial charge in [0, 0.05) is 25.7 Å². The van der Waals surface area contributed by atoms with Crippen molar-refractivity contribution in [3.63, 3.8) is 0 Å². The van der Waals surface area contributed by atoms with Crippen LogP contribution in [-0.2, 0) is 156 Å². The summed E-state index contributed by atoms with van der Waals surface area (Å²) in [4.78, 5) is 150. The Hall–Kier alpha value is -10.9. The molecule has 0 amide bonds. The highest BCUT2D eigenvalue weighted by Crippen LogP contribution is 2.42. The van der Waals surface area contributed by atoms with Crippen molar-refractivity contribution in [1.82, 2.24) is 0 Å². The average Bonchev–Trinajstić information content (AvgIpc) is 0.772. The Morgan fingerprint density at radius 1 is 0.262 bits per heavy atom. The number of carbonyl (C=O) groups excluding carboxylic acids is 12. The minimum Gasteiger partial charge on any atom is -0.493 e. The highest BCUT2D eigenvalue weighted by Gasteiger charge is 2.28. The lowest BCUT2D eigenvalue weighted by molar-refractivity contribution is -0.155. The summed E-state index contributed by atoms with van der Waals surface area (Å²) in [6.07, 6.45) is 16.4. The van der Waals surface area contributed by atoms with Gasteiger partial charge in [-0.05, 0) is 158 Å². The zero-order valence-electron chi connectivity index (χ0n) is 73.2. The summed E-state index contributed by atoms with van der Waals surface area (Å²) in [6, 6.07) is 17.1. The molecular formula is C96H128O26. The maximum absolute atomic E-state index is 13.4. The van der Waals surface area contributed by atoms with Crippen LogP contribution in [0.25, 0.3) is 0 Å². The van der Waals surface area contributed by atoms with E-state index in [1.54, 1.807) is 0 Å². The van der Waals surface area contributed by atoms with Gasteiger partial charge in [0.1, 0.15) is 86.7 Å². The van der Waals surface area contributed by atoms with Crippen molar-refractivity contribution >= 4 is 71.3 Å². The van der Waals surface area contributed by atoms with Crippen LogP contribution in [0.5, 0.6) is 23.0 Å². The highest BCUT2D eigenvalue weighted by atomic mass is 16.6. The lowest BCUT2D eigenvalue weighted by atomic mass is 9.87. The van der Waals surface area contributed by atoms with Gasteiger partial charge in [-0.2, -0.15) is 0 Å². The molecule has 4 aromatic carbocycles. The standard InChI is InChI=1S/C96H128O26/c1-13-17-21-25-37-111-89-75-47-71(33-29-41-115-93(105)65(5)61-119-85(101)45-69(9)97)49-77(89)56-79-51-73(35-31-43-117-95(107)67(7)63-121-87(103)59-83(99)109-11)53-81(91(79)113-39-27-23-19-15-3)58-82-54-74(36-32-44-118-96(108)68(8)64-122-88(104)60-84(100)110-12)52-80(92(82)114-40-28-24-20-16-4)57-78-50-72(48-76(55-75)90(78)112-38-26-22-18-14-2)34-30-42-116-94(106)66(6)62-120-86(102)46-70(10)98/h47-54H,5-8,13-46,55-64H2,1-4,9-12H3. The number of Topliss-reactive ketones (excluding diaryl/α,β-unsaturated/α-hetero) is 2. The van der Waals surface area contributed by atoms with Crippen molar-refractivity contribution < 1.29 is 124 Å². The van der Waals surface area contributed by atoms with E-state index in [1.807, 2.05) is 0 Å². The third-order valence-electron chi connectivity index (χ3n) is 19.7. The second-order valence-electron chi connectivity index (χ2n) is 30.6. The van der Waals surface area contributed by atoms with Crippen molar-refractivity contribution in [1.29, 1.82) is 0 Å².